The Kier molecular flexibility index (Phi) is 29.9. The van der Waals surface area contributed by atoms with Gasteiger partial charge in [0.05, 0.1) is 6.61 Å². The lowest BCUT2D eigenvalue weighted by molar-refractivity contribution is -0.161. The highest BCUT2D eigenvalue weighted by molar-refractivity contribution is 7.46. The van der Waals surface area contributed by atoms with Crippen LogP contribution >= 0.6 is 7.82 Å². The molecule has 0 aliphatic rings. The van der Waals surface area contributed by atoms with Crippen molar-refractivity contribution >= 4 is 19.8 Å². The van der Waals surface area contributed by atoms with Crippen molar-refractivity contribution < 1.29 is 37.9 Å². The standard InChI is InChI=1S/C34H65O8P/c1-3-5-7-9-11-13-15-16-17-18-19-21-22-24-26-28-33(35)40-30-32(31-41-43(37,38)39)42-34(36)29-27-25-23-20-14-12-10-8-6-4-2/h9,11,32H,3-8,10,12-31H2,1-2H3,(H2,37,38,39)/b11-9+/t32-/m1/s1. The Balaban J connectivity index is 3.95. The van der Waals surface area contributed by atoms with Gasteiger partial charge in [-0.05, 0) is 32.1 Å². The van der Waals surface area contributed by atoms with Crippen molar-refractivity contribution in [1.29, 1.82) is 0 Å². The summed E-state index contributed by atoms with van der Waals surface area (Å²) in [5.41, 5.74) is 0. The van der Waals surface area contributed by atoms with Gasteiger partial charge in [0.1, 0.15) is 6.61 Å². The first-order chi connectivity index (χ1) is 20.8. The number of phosphoric ester groups is 1. The third kappa shape index (κ3) is 33.5. The zero-order valence-electron chi connectivity index (χ0n) is 27.6. The average Bonchev–Trinajstić information content (AvgIpc) is 2.97. The Morgan fingerprint density at radius 1 is 0.581 bits per heavy atom. The van der Waals surface area contributed by atoms with E-state index >= 15 is 0 Å². The highest BCUT2D eigenvalue weighted by atomic mass is 31.2. The summed E-state index contributed by atoms with van der Waals surface area (Å²) in [5.74, 6) is -0.884. The van der Waals surface area contributed by atoms with E-state index in [0.29, 0.717) is 6.42 Å². The minimum absolute atomic E-state index is 0.216. The molecule has 0 bridgehead atoms. The van der Waals surface area contributed by atoms with E-state index in [2.05, 4.69) is 30.5 Å². The summed E-state index contributed by atoms with van der Waals surface area (Å²) in [5, 5.41) is 0. The molecule has 254 valence electrons. The van der Waals surface area contributed by atoms with E-state index in [1.807, 2.05) is 0 Å². The van der Waals surface area contributed by atoms with Crippen LogP contribution < -0.4 is 0 Å². The fourth-order valence-corrected chi connectivity index (χ4v) is 5.24. The van der Waals surface area contributed by atoms with Crippen LogP contribution in [0.15, 0.2) is 12.2 Å². The molecule has 0 saturated carbocycles. The Bertz CT molecular complexity index is 721. The Morgan fingerprint density at radius 2 is 1.00 bits per heavy atom. The molecule has 9 heteroatoms. The summed E-state index contributed by atoms with van der Waals surface area (Å²) in [4.78, 5) is 42.5. The third-order valence-corrected chi connectivity index (χ3v) is 8.02. The van der Waals surface area contributed by atoms with Crippen LogP contribution in [0.5, 0.6) is 0 Å². The number of carbonyl (C=O) groups is 2. The zero-order valence-corrected chi connectivity index (χ0v) is 28.5. The summed E-state index contributed by atoms with van der Waals surface area (Å²) in [7, 11) is -4.74. The van der Waals surface area contributed by atoms with Gasteiger partial charge in [-0.3, -0.25) is 14.1 Å². The smallest absolute Gasteiger partial charge is 0.462 e. The molecule has 0 aliphatic carbocycles. The van der Waals surface area contributed by atoms with Crippen LogP contribution in [0.25, 0.3) is 0 Å². The van der Waals surface area contributed by atoms with Gasteiger partial charge < -0.3 is 19.3 Å². The minimum Gasteiger partial charge on any atom is -0.462 e. The van der Waals surface area contributed by atoms with Gasteiger partial charge in [0, 0.05) is 12.8 Å². The molecule has 0 aromatic rings. The normalized spacial score (nSPS) is 12.6. The molecule has 2 N–H and O–H groups in total. The molecule has 8 nitrogen and oxygen atoms in total. The van der Waals surface area contributed by atoms with Crippen LogP contribution in [-0.4, -0.2) is 41.0 Å². The molecule has 0 aliphatic heterocycles. The number of ether oxygens (including phenoxy) is 2. The third-order valence-electron chi connectivity index (χ3n) is 7.53. The fraction of sp³-hybridized carbons (Fsp3) is 0.882. The molecule has 0 aromatic carbocycles. The molecule has 0 fully saturated rings. The number of esters is 2. The van der Waals surface area contributed by atoms with E-state index in [-0.39, 0.29) is 19.4 Å². The van der Waals surface area contributed by atoms with Crippen LogP contribution in [0.3, 0.4) is 0 Å². The summed E-state index contributed by atoms with van der Waals surface area (Å²) >= 11 is 0. The summed E-state index contributed by atoms with van der Waals surface area (Å²) in [6.07, 6.45) is 30.8. The number of phosphoric acid groups is 1. The molecule has 1 atom stereocenters. The summed E-state index contributed by atoms with van der Waals surface area (Å²) in [6.45, 7) is 3.62. The van der Waals surface area contributed by atoms with Crippen molar-refractivity contribution in [3.63, 3.8) is 0 Å². The quantitative estimate of drug-likeness (QED) is 0.0325. The van der Waals surface area contributed by atoms with Gasteiger partial charge in [0.25, 0.3) is 0 Å². The minimum atomic E-state index is -4.74. The van der Waals surface area contributed by atoms with Crippen molar-refractivity contribution in [3.8, 4) is 0 Å². The van der Waals surface area contributed by atoms with Gasteiger partial charge in [0.15, 0.2) is 6.10 Å². The first-order valence-electron chi connectivity index (χ1n) is 17.5. The summed E-state index contributed by atoms with van der Waals surface area (Å²) < 4.78 is 26.2. The number of rotatable bonds is 32. The predicted octanol–water partition coefficient (Wildman–Crippen LogP) is 9.90. The lowest BCUT2D eigenvalue weighted by atomic mass is 10.1. The molecular formula is C34H65O8P. The van der Waals surface area contributed by atoms with Crippen molar-refractivity contribution in [3.05, 3.63) is 12.2 Å². The number of unbranched alkanes of at least 4 members (excludes halogenated alkanes) is 20. The Morgan fingerprint density at radius 3 is 1.49 bits per heavy atom. The molecular weight excluding hydrogens is 567 g/mol. The Hall–Kier alpha value is -1.21. The topological polar surface area (TPSA) is 119 Å². The molecule has 43 heavy (non-hydrogen) atoms. The SMILES string of the molecule is CCCC/C=C/CCCCCCCCCCCC(=O)OC[C@H](COP(=O)(O)O)OC(=O)CCCCCCCCCCCC. The first-order valence-corrected chi connectivity index (χ1v) is 19.0. The van der Waals surface area contributed by atoms with E-state index in [4.69, 9.17) is 19.3 Å². The van der Waals surface area contributed by atoms with Crippen LogP contribution in [-0.2, 0) is 28.2 Å². The molecule has 0 aromatic heterocycles. The number of hydrogen-bond acceptors (Lipinski definition) is 6. The summed E-state index contributed by atoms with van der Waals surface area (Å²) in [6, 6.07) is 0. The van der Waals surface area contributed by atoms with Crippen molar-refractivity contribution in [1.82, 2.24) is 0 Å². The lowest BCUT2D eigenvalue weighted by Crippen LogP contribution is -2.29. The van der Waals surface area contributed by atoms with Gasteiger partial charge in [0.2, 0.25) is 0 Å². The largest absolute Gasteiger partial charge is 0.469 e. The molecule has 0 amide bonds. The van der Waals surface area contributed by atoms with Gasteiger partial charge in [-0.15, -0.1) is 0 Å². The van der Waals surface area contributed by atoms with E-state index in [0.717, 1.165) is 38.5 Å². The second-order valence-corrected chi connectivity index (χ2v) is 13.1. The highest BCUT2D eigenvalue weighted by Gasteiger charge is 2.22. The maximum Gasteiger partial charge on any atom is 0.469 e. The van der Waals surface area contributed by atoms with Gasteiger partial charge in [-0.1, -0.05) is 142 Å². The van der Waals surface area contributed by atoms with Crippen molar-refractivity contribution in [2.75, 3.05) is 13.2 Å². The number of hydrogen-bond donors (Lipinski definition) is 2. The maximum absolute atomic E-state index is 12.3. The van der Waals surface area contributed by atoms with Gasteiger partial charge in [-0.2, -0.15) is 0 Å². The molecule has 0 rings (SSSR count). The predicted molar refractivity (Wildman–Crippen MR) is 175 cm³/mol. The molecule has 0 spiro atoms. The maximum atomic E-state index is 12.3. The van der Waals surface area contributed by atoms with Crippen molar-refractivity contribution in [2.45, 2.75) is 180 Å². The lowest BCUT2D eigenvalue weighted by Gasteiger charge is -2.18. The molecule has 0 saturated heterocycles. The molecule has 0 radical (unpaired) electrons. The van der Waals surface area contributed by atoms with Crippen LogP contribution in [0.2, 0.25) is 0 Å². The average molecular weight is 633 g/mol. The second kappa shape index (κ2) is 30.8. The number of carbonyl (C=O) groups excluding carboxylic acids is 2. The van der Waals surface area contributed by atoms with Gasteiger partial charge in [-0.25, -0.2) is 4.57 Å². The van der Waals surface area contributed by atoms with Crippen LogP contribution in [0.1, 0.15) is 174 Å². The van der Waals surface area contributed by atoms with E-state index in [9.17, 15) is 14.2 Å². The second-order valence-electron chi connectivity index (χ2n) is 11.8. The zero-order chi connectivity index (χ0) is 31.9. The van der Waals surface area contributed by atoms with Gasteiger partial charge >= 0.3 is 19.8 Å². The highest BCUT2D eigenvalue weighted by Crippen LogP contribution is 2.36. The van der Waals surface area contributed by atoms with E-state index < -0.39 is 32.5 Å². The van der Waals surface area contributed by atoms with Crippen LogP contribution in [0, 0.1) is 0 Å². The van der Waals surface area contributed by atoms with E-state index in [1.54, 1.807) is 0 Å². The Labute approximate surface area is 263 Å². The van der Waals surface area contributed by atoms with E-state index in [1.165, 1.54) is 103 Å². The van der Waals surface area contributed by atoms with Crippen molar-refractivity contribution in [2.24, 2.45) is 0 Å². The first kappa shape index (κ1) is 41.8. The monoisotopic (exact) mass is 632 g/mol. The number of allylic oxidation sites excluding steroid dienone is 2. The van der Waals surface area contributed by atoms with Crippen LogP contribution in [0.4, 0.5) is 0 Å². The fourth-order valence-electron chi connectivity index (χ4n) is 4.88. The molecule has 0 unspecified atom stereocenters. The molecule has 0 heterocycles.